The van der Waals surface area contributed by atoms with Gasteiger partial charge in [0.15, 0.2) is 0 Å². The van der Waals surface area contributed by atoms with Crippen LogP contribution in [0.1, 0.15) is 18.7 Å². The third-order valence-electron chi connectivity index (χ3n) is 4.78. The summed E-state index contributed by atoms with van der Waals surface area (Å²) in [4.78, 5) is 19.4. The average molecular weight is 359 g/mol. The molecule has 0 radical (unpaired) electrons. The lowest BCUT2D eigenvalue weighted by atomic mass is 9.97. The number of fused-ring (bicyclic) bond motifs is 1. The summed E-state index contributed by atoms with van der Waals surface area (Å²) in [6.07, 6.45) is 1.99. The molecule has 8 heteroatoms. The fourth-order valence-corrected chi connectivity index (χ4v) is 4.00. The van der Waals surface area contributed by atoms with Crippen LogP contribution in [0.15, 0.2) is 28.5 Å². The van der Waals surface area contributed by atoms with Crippen LogP contribution < -0.4 is 10.5 Å². The first-order valence-electron chi connectivity index (χ1n) is 8.29. The van der Waals surface area contributed by atoms with Crippen LogP contribution in [0.5, 0.6) is 0 Å². The Bertz CT molecular complexity index is 948. The topological polar surface area (TPSA) is 63.9 Å². The van der Waals surface area contributed by atoms with Gasteiger partial charge in [-0.15, -0.1) is 10.2 Å². The molecule has 0 saturated carbocycles. The third kappa shape index (κ3) is 3.13. The molecule has 0 aliphatic carbocycles. The Morgan fingerprint density at radius 1 is 1.32 bits per heavy atom. The minimum Gasteiger partial charge on any atom is -0.347 e. The van der Waals surface area contributed by atoms with Gasteiger partial charge in [0.2, 0.25) is 5.13 Å². The zero-order chi connectivity index (χ0) is 17.4. The maximum Gasteiger partial charge on any atom is 0.261 e. The fraction of sp³-hybridized carbons (Fsp3) is 0.412. The minimum atomic E-state index is -0.374. The Morgan fingerprint density at radius 2 is 2.12 bits per heavy atom. The molecule has 0 bridgehead atoms. The number of hydrogen-bond acceptors (Lipinski definition) is 6. The van der Waals surface area contributed by atoms with Gasteiger partial charge in [-0.2, -0.15) is 0 Å². The van der Waals surface area contributed by atoms with E-state index in [1.807, 2.05) is 6.92 Å². The smallest absolute Gasteiger partial charge is 0.261 e. The van der Waals surface area contributed by atoms with Gasteiger partial charge in [-0.25, -0.2) is 9.37 Å². The maximum atomic E-state index is 13.4. The lowest BCUT2D eigenvalue weighted by molar-refractivity contribution is 0.348. The molecule has 1 saturated heterocycles. The number of aromatic nitrogens is 4. The van der Waals surface area contributed by atoms with E-state index >= 15 is 0 Å². The molecule has 0 unspecified atom stereocenters. The van der Waals surface area contributed by atoms with Gasteiger partial charge >= 0.3 is 0 Å². The van der Waals surface area contributed by atoms with Crippen LogP contribution in [0.25, 0.3) is 10.9 Å². The van der Waals surface area contributed by atoms with Crippen molar-refractivity contribution in [2.24, 2.45) is 5.92 Å². The van der Waals surface area contributed by atoms with Gasteiger partial charge in [-0.3, -0.25) is 9.36 Å². The standard InChI is InChI=1S/C17H18FN5OS/c1-11-20-15-8-13(18)2-3-14(15)16(24)23(11)9-12-4-6-22(7-5-12)17-21-19-10-25-17/h2-3,8,10,12H,4-7,9H2,1H3. The zero-order valence-electron chi connectivity index (χ0n) is 13.9. The van der Waals surface area contributed by atoms with Gasteiger partial charge in [-0.1, -0.05) is 11.3 Å². The highest BCUT2D eigenvalue weighted by atomic mass is 32.1. The van der Waals surface area contributed by atoms with Crippen molar-refractivity contribution in [3.05, 3.63) is 45.7 Å². The second-order valence-electron chi connectivity index (χ2n) is 6.39. The molecule has 3 heterocycles. The number of aryl methyl sites for hydroxylation is 1. The molecule has 3 aromatic rings. The van der Waals surface area contributed by atoms with E-state index in [1.165, 1.54) is 18.2 Å². The molecule has 1 aliphatic heterocycles. The SMILES string of the molecule is Cc1nc2cc(F)ccc2c(=O)n1CC1CCN(c2nncs2)CC1. The summed E-state index contributed by atoms with van der Waals surface area (Å²) in [7, 11) is 0. The van der Waals surface area contributed by atoms with Gasteiger partial charge in [0.1, 0.15) is 17.2 Å². The molecule has 2 aromatic heterocycles. The molecule has 130 valence electrons. The first-order chi connectivity index (χ1) is 12.1. The maximum absolute atomic E-state index is 13.4. The number of hydrogen-bond donors (Lipinski definition) is 0. The Hall–Kier alpha value is -2.35. The normalized spacial score (nSPS) is 15.8. The van der Waals surface area contributed by atoms with Crippen molar-refractivity contribution < 1.29 is 4.39 Å². The van der Waals surface area contributed by atoms with Crippen LogP contribution in [0.2, 0.25) is 0 Å². The van der Waals surface area contributed by atoms with Gasteiger partial charge in [-0.05, 0) is 37.8 Å². The third-order valence-corrected chi connectivity index (χ3v) is 5.53. The molecule has 4 rings (SSSR count). The van der Waals surface area contributed by atoms with Crippen LogP contribution in [0.4, 0.5) is 9.52 Å². The van der Waals surface area contributed by atoms with Crippen molar-refractivity contribution in [1.82, 2.24) is 19.7 Å². The highest BCUT2D eigenvalue weighted by molar-refractivity contribution is 7.13. The summed E-state index contributed by atoms with van der Waals surface area (Å²) in [6.45, 7) is 4.29. The van der Waals surface area contributed by atoms with E-state index in [-0.39, 0.29) is 11.4 Å². The van der Waals surface area contributed by atoms with E-state index < -0.39 is 0 Å². The van der Waals surface area contributed by atoms with Crippen LogP contribution in [-0.2, 0) is 6.54 Å². The molecule has 1 fully saturated rings. The van der Waals surface area contributed by atoms with E-state index in [0.29, 0.717) is 29.2 Å². The summed E-state index contributed by atoms with van der Waals surface area (Å²) in [6, 6.07) is 4.15. The van der Waals surface area contributed by atoms with Crippen molar-refractivity contribution >= 4 is 27.4 Å². The predicted octanol–water partition coefficient (Wildman–Crippen LogP) is 2.61. The van der Waals surface area contributed by atoms with Gasteiger partial charge < -0.3 is 4.90 Å². The van der Waals surface area contributed by atoms with Crippen LogP contribution in [0, 0.1) is 18.7 Å². The number of benzene rings is 1. The van der Waals surface area contributed by atoms with E-state index in [4.69, 9.17) is 0 Å². The van der Waals surface area contributed by atoms with Crippen molar-refractivity contribution in [2.75, 3.05) is 18.0 Å². The number of piperidine rings is 1. The molecular formula is C17H18FN5OS. The summed E-state index contributed by atoms with van der Waals surface area (Å²) in [5.74, 6) is 0.676. The largest absolute Gasteiger partial charge is 0.347 e. The molecule has 0 atom stereocenters. The van der Waals surface area contributed by atoms with Crippen molar-refractivity contribution in [1.29, 1.82) is 0 Å². The first kappa shape index (κ1) is 16.1. The Balaban J connectivity index is 1.53. The van der Waals surface area contributed by atoms with Crippen LogP contribution in [-0.4, -0.2) is 32.8 Å². The van der Waals surface area contributed by atoms with E-state index in [2.05, 4.69) is 20.1 Å². The number of halogens is 1. The van der Waals surface area contributed by atoms with Gasteiger partial charge in [0.25, 0.3) is 5.56 Å². The number of rotatable bonds is 3. The molecule has 1 aliphatic rings. The molecule has 6 nitrogen and oxygen atoms in total. The highest BCUT2D eigenvalue weighted by Crippen LogP contribution is 2.25. The highest BCUT2D eigenvalue weighted by Gasteiger charge is 2.22. The second-order valence-corrected chi connectivity index (χ2v) is 7.20. The summed E-state index contributed by atoms with van der Waals surface area (Å²) >= 11 is 1.55. The van der Waals surface area contributed by atoms with E-state index in [9.17, 15) is 9.18 Å². The van der Waals surface area contributed by atoms with Gasteiger partial charge in [0.05, 0.1) is 10.9 Å². The lowest BCUT2D eigenvalue weighted by Crippen LogP contribution is -2.37. The Kier molecular flexibility index (Phi) is 4.20. The molecule has 0 N–H and O–H groups in total. The van der Waals surface area contributed by atoms with E-state index in [1.54, 1.807) is 21.4 Å². The average Bonchev–Trinajstić information content (AvgIpc) is 3.13. The van der Waals surface area contributed by atoms with Crippen molar-refractivity contribution in [3.8, 4) is 0 Å². The van der Waals surface area contributed by atoms with Crippen LogP contribution in [0.3, 0.4) is 0 Å². The molecule has 1 aromatic carbocycles. The monoisotopic (exact) mass is 359 g/mol. The number of anilines is 1. The molecular weight excluding hydrogens is 341 g/mol. The summed E-state index contributed by atoms with van der Waals surface area (Å²) < 4.78 is 15.1. The van der Waals surface area contributed by atoms with Gasteiger partial charge in [0, 0.05) is 25.7 Å². The Labute approximate surface area is 148 Å². The van der Waals surface area contributed by atoms with Crippen molar-refractivity contribution in [2.45, 2.75) is 26.3 Å². The van der Waals surface area contributed by atoms with Crippen LogP contribution >= 0.6 is 11.3 Å². The second kappa shape index (κ2) is 6.51. The molecule has 25 heavy (non-hydrogen) atoms. The molecule has 0 amide bonds. The lowest BCUT2D eigenvalue weighted by Gasteiger charge is -2.31. The minimum absolute atomic E-state index is 0.0888. The Morgan fingerprint density at radius 3 is 2.84 bits per heavy atom. The zero-order valence-corrected chi connectivity index (χ0v) is 14.7. The first-order valence-corrected chi connectivity index (χ1v) is 9.17. The summed E-state index contributed by atoms with van der Waals surface area (Å²) in [5, 5.41) is 9.44. The summed E-state index contributed by atoms with van der Waals surface area (Å²) in [5.41, 5.74) is 2.08. The predicted molar refractivity (Wildman–Crippen MR) is 95.5 cm³/mol. The molecule has 0 spiro atoms. The quantitative estimate of drug-likeness (QED) is 0.719. The van der Waals surface area contributed by atoms with Crippen molar-refractivity contribution in [3.63, 3.8) is 0 Å². The van der Waals surface area contributed by atoms with E-state index in [0.717, 1.165) is 31.1 Å². The number of nitrogens with zero attached hydrogens (tertiary/aromatic N) is 5. The fourth-order valence-electron chi connectivity index (χ4n) is 3.39.